The fourth-order valence-electron chi connectivity index (χ4n) is 3.73. The molecule has 8 heteroatoms. The number of hydrogen-bond acceptors (Lipinski definition) is 8. The second-order valence-corrected chi connectivity index (χ2v) is 9.55. The van der Waals surface area contributed by atoms with Crippen molar-refractivity contribution in [1.29, 1.82) is 0 Å². The van der Waals surface area contributed by atoms with Crippen molar-refractivity contribution in [1.82, 2.24) is 0 Å². The fourth-order valence-corrected chi connectivity index (χ4v) is 3.73. The van der Waals surface area contributed by atoms with Crippen molar-refractivity contribution in [2.24, 2.45) is 0 Å². The van der Waals surface area contributed by atoms with Crippen LogP contribution in [0.4, 0.5) is 0 Å². The van der Waals surface area contributed by atoms with Crippen LogP contribution in [-0.2, 0) is 19.0 Å². The summed E-state index contributed by atoms with van der Waals surface area (Å²) in [6, 6.07) is 0. The second kappa shape index (κ2) is 26.3. The van der Waals surface area contributed by atoms with Crippen LogP contribution in [0.2, 0.25) is 0 Å². The monoisotopic (exact) mass is 506 g/mol. The smallest absolute Gasteiger partial charge is 0.305 e. The molecular formula is C27H54O8. The minimum Gasteiger partial charge on any atom is -0.463 e. The zero-order valence-electron chi connectivity index (χ0n) is 22.2. The van der Waals surface area contributed by atoms with E-state index in [4.69, 9.17) is 24.4 Å². The molecule has 0 fully saturated rings. The van der Waals surface area contributed by atoms with Gasteiger partial charge in [-0.25, -0.2) is 0 Å². The molecule has 0 aliphatic rings. The Hall–Kier alpha value is -0.770. The molecule has 0 bridgehead atoms. The summed E-state index contributed by atoms with van der Waals surface area (Å²) in [5.74, 6) is -0.300. The number of carbonyl (C=O) groups excluding carboxylic acids is 1. The molecule has 0 radical (unpaired) electrons. The third-order valence-electron chi connectivity index (χ3n) is 5.97. The van der Waals surface area contributed by atoms with Crippen LogP contribution in [0.25, 0.3) is 0 Å². The van der Waals surface area contributed by atoms with Gasteiger partial charge < -0.3 is 34.6 Å². The number of rotatable bonds is 27. The highest BCUT2D eigenvalue weighted by Crippen LogP contribution is 2.14. The van der Waals surface area contributed by atoms with E-state index in [0.717, 1.165) is 19.3 Å². The van der Waals surface area contributed by atoms with Crippen molar-refractivity contribution < 1.29 is 39.4 Å². The standard InChI is InChI=1S/C27H54O8/c1-2-3-4-5-6-7-8-9-10-11-12-13-14-15-16-17-27(32)35-23-26(34-21-25(31)19-29)22-33-20-24(30)18-28/h24-26,28-31H,2-23H2,1H3/t24-,25+,26+/m1/s1. The Labute approximate surface area is 213 Å². The molecule has 3 atom stereocenters. The first-order chi connectivity index (χ1) is 17.0. The molecule has 0 saturated carbocycles. The van der Waals surface area contributed by atoms with E-state index in [9.17, 15) is 15.0 Å². The third-order valence-corrected chi connectivity index (χ3v) is 5.97. The summed E-state index contributed by atoms with van der Waals surface area (Å²) in [6.07, 6.45) is 16.8. The zero-order valence-corrected chi connectivity index (χ0v) is 22.2. The maximum atomic E-state index is 12.0. The van der Waals surface area contributed by atoms with Gasteiger partial charge in [0.25, 0.3) is 0 Å². The quantitative estimate of drug-likeness (QED) is 0.0976. The normalized spacial score (nSPS) is 14.1. The van der Waals surface area contributed by atoms with Crippen LogP contribution in [0.1, 0.15) is 110 Å². The Balaban J connectivity index is 3.70. The first-order valence-corrected chi connectivity index (χ1v) is 14.0. The van der Waals surface area contributed by atoms with Gasteiger partial charge in [-0.15, -0.1) is 0 Å². The van der Waals surface area contributed by atoms with Gasteiger partial charge in [-0.05, 0) is 6.42 Å². The third kappa shape index (κ3) is 24.7. The van der Waals surface area contributed by atoms with E-state index in [0.29, 0.717) is 6.42 Å². The molecule has 0 rings (SSSR count). The van der Waals surface area contributed by atoms with Crippen LogP contribution in [0, 0.1) is 0 Å². The van der Waals surface area contributed by atoms with Gasteiger partial charge in [0.15, 0.2) is 0 Å². The van der Waals surface area contributed by atoms with Crippen molar-refractivity contribution in [3.05, 3.63) is 0 Å². The van der Waals surface area contributed by atoms with Gasteiger partial charge in [-0.1, -0.05) is 96.8 Å². The lowest BCUT2D eigenvalue weighted by atomic mass is 10.0. The summed E-state index contributed by atoms with van der Waals surface area (Å²) < 4.78 is 16.0. The van der Waals surface area contributed by atoms with Crippen LogP contribution in [0.5, 0.6) is 0 Å². The lowest BCUT2D eigenvalue weighted by Crippen LogP contribution is -2.33. The minimum absolute atomic E-state index is 0.0292. The van der Waals surface area contributed by atoms with Crippen LogP contribution in [-0.4, -0.2) is 84.3 Å². The highest BCUT2D eigenvalue weighted by atomic mass is 16.6. The summed E-state index contributed by atoms with van der Waals surface area (Å²) in [5.41, 5.74) is 0. The van der Waals surface area contributed by atoms with E-state index in [1.54, 1.807) is 0 Å². The summed E-state index contributed by atoms with van der Waals surface area (Å²) in [7, 11) is 0. The molecule has 0 aliphatic heterocycles. The van der Waals surface area contributed by atoms with Crippen LogP contribution >= 0.6 is 0 Å². The first kappa shape index (κ1) is 34.2. The van der Waals surface area contributed by atoms with Crippen molar-refractivity contribution >= 4 is 5.97 Å². The van der Waals surface area contributed by atoms with Gasteiger partial charge in [-0.2, -0.15) is 0 Å². The Morgan fingerprint density at radius 1 is 0.629 bits per heavy atom. The predicted molar refractivity (Wildman–Crippen MR) is 137 cm³/mol. The van der Waals surface area contributed by atoms with E-state index in [1.165, 1.54) is 77.0 Å². The number of aliphatic hydroxyl groups is 4. The summed E-state index contributed by atoms with van der Waals surface area (Å²) >= 11 is 0. The molecule has 0 aliphatic carbocycles. The number of unbranched alkanes of at least 4 members (excludes halogenated alkanes) is 14. The molecule has 0 unspecified atom stereocenters. The van der Waals surface area contributed by atoms with Gasteiger partial charge in [0.05, 0.1) is 33.0 Å². The van der Waals surface area contributed by atoms with E-state index in [2.05, 4.69) is 6.92 Å². The molecule has 0 aromatic heterocycles. The largest absolute Gasteiger partial charge is 0.463 e. The fraction of sp³-hybridized carbons (Fsp3) is 0.963. The Kier molecular flexibility index (Phi) is 25.7. The molecule has 8 nitrogen and oxygen atoms in total. The van der Waals surface area contributed by atoms with Gasteiger partial charge >= 0.3 is 5.97 Å². The lowest BCUT2D eigenvalue weighted by Gasteiger charge is -2.20. The van der Waals surface area contributed by atoms with Gasteiger partial charge in [0, 0.05) is 6.42 Å². The van der Waals surface area contributed by atoms with E-state index in [1.807, 2.05) is 0 Å². The molecular weight excluding hydrogens is 452 g/mol. The number of aliphatic hydroxyl groups excluding tert-OH is 4. The average molecular weight is 507 g/mol. The molecule has 0 heterocycles. The maximum absolute atomic E-state index is 12.0. The second-order valence-electron chi connectivity index (χ2n) is 9.55. The van der Waals surface area contributed by atoms with Crippen LogP contribution in [0.3, 0.4) is 0 Å². The minimum atomic E-state index is -1.03. The first-order valence-electron chi connectivity index (χ1n) is 14.0. The molecule has 0 spiro atoms. The maximum Gasteiger partial charge on any atom is 0.305 e. The van der Waals surface area contributed by atoms with Crippen LogP contribution in [0.15, 0.2) is 0 Å². The lowest BCUT2D eigenvalue weighted by molar-refractivity contribution is -0.152. The molecule has 4 N–H and O–H groups in total. The molecule has 35 heavy (non-hydrogen) atoms. The number of esters is 1. The summed E-state index contributed by atoms with van der Waals surface area (Å²) in [6.45, 7) is 1.20. The number of ether oxygens (including phenoxy) is 3. The molecule has 0 aromatic rings. The van der Waals surface area contributed by atoms with Gasteiger partial charge in [0.1, 0.15) is 24.9 Å². The SMILES string of the molecule is CCCCCCCCCCCCCCCCCC(=O)OC[C@H](COC[C@H](O)CO)OC[C@@H](O)CO. The molecule has 0 amide bonds. The predicted octanol–water partition coefficient (Wildman–Crippen LogP) is 3.90. The van der Waals surface area contributed by atoms with E-state index in [-0.39, 0.29) is 32.4 Å². The molecule has 0 aromatic carbocycles. The zero-order chi connectivity index (χ0) is 26.0. The summed E-state index contributed by atoms with van der Waals surface area (Å²) in [4.78, 5) is 12.0. The Morgan fingerprint density at radius 3 is 1.57 bits per heavy atom. The van der Waals surface area contributed by atoms with Crippen molar-refractivity contribution in [3.63, 3.8) is 0 Å². The Morgan fingerprint density at radius 2 is 1.09 bits per heavy atom. The number of carbonyl (C=O) groups is 1. The average Bonchev–Trinajstić information content (AvgIpc) is 2.87. The highest BCUT2D eigenvalue weighted by molar-refractivity contribution is 5.69. The molecule has 0 saturated heterocycles. The van der Waals surface area contributed by atoms with E-state index < -0.39 is 31.5 Å². The van der Waals surface area contributed by atoms with Crippen LogP contribution < -0.4 is 0 Å². The summed E-state index contributed by atoms with van der Waals surface area (Å²) in [5, 5.41) is 36.5. The Bertz CT molecular complexity index is 449. The van der Waals surface area contributed by atoms with E-state index >= 15 is 0 Å². The van der Waals surface area contributed by atoms with Crippen molar-refractivity contribution in [2.45, 2.75) is 128 Å². The van der Waals surface area contributed by atoms with Crippen molar-refractivity contribution in [2.75, 3.05) is 39.6 Å². The topological polar surface area (TPSA) is 126 Å². The highest BCUT2D eigenvalue weighted by Gasteiger charge is 2.16. The van der Waals surface area contributed by atoms with Crippen molar-refractivity contribution in [3.8, 4) is 0 Å². The van der Waals surface area contributed by atoms with Gasteiger partial charge in [0.2, 0.25) is 0 Å². The molecule has 210 valence electrons. The number of hydrogen-bond donors (Lipinski definition) is 4. The van der Waals surface area contributed by atoms with Gasteiger partial charge in [-0.3, -0.25) is 4.79 Å².